The Hall–Kier alpha value is -0.610. The average Bonchev–Trinajstić information content (AvgIpc) is 2.95. The van der Waals surface area contributed by atoms with Crippen LogP contribution >= 0.6 is 23.2 Å². The van der Waals surface area contributed by atoms with Crippen LogP contribution in [0.25, 0.3) is 0 Å². The molecular formula is C9H12Cl2N4. The molecule has 0 aliphatic heterocycles. The molecule has 1 saturated carbocycles. The molecule has 82 valence electrons. The summed E-state index contributed by atoms with van der Waals surface area (Å²) in [5.74, 6) is 0.601. The van der Waals surface area contributed by atoms with Crippen LogP contribution in [0.5, 0.6) is 0 Å². The largest absolute Gasteiger partial charge is 0.338 e. The van der Waals surface area contributed by atoms with Crippen LogP contribution in [-0.2, 0) is 0 Å². The highest BCUT2D eigenvalue weighted by atomic mass is 35.5. The average molecular weight is 247 g/mol. The van der Waals surface area contributed by atoms with Gasteiger partial charge >= 0.3 is 0 Å². The lowest BCUT2D eigenvalue weighted by atomic mass is 10.4. The Morgan fingerprint density at radius 1 is 1.20 bits per heavy atom. The normalized spacial score (nSPS) is 15.4. The molecule has 0 atom stereocenters. The third-order valence-corrected chi connectivity index (χ3v) is 2.62. The minimum atomic E-state index is 0.159. The molecule has 1 aromatic rings. The number of hydrogen-bond acceptors (Lipinski definition) is 4. The van der Waals surface area contributed by atoms with Gasteiger partial charge in [0.05, 0.1) is 0 Å². The smallest absolute Gasteiger partial charge is 0.231 e. The van der Waals surface area contributed by atoms with Crippen LogP contribution in [0.4, 0.5) is 5.95 Å². The first-order valence-electron chi connectivity index (χ1n) is 5.04. The fraction of sp³-hybridized carbons (Fsp3) is 0.667. The molecule has 15 heavy (non-hydrogen) atoms. The number of aromatic nitrogens is 3. The van der Waals surface area contributed by atoms with E-state index < -0.39 is 0 Å². The van der Waals surface area contributed by atoms with Gasteiger partial charge in [-0.05, 0) is 42.5 Å². The van der Waals surface area contributed by atoms with Crippen molar-refractivity contribution in [2.45, 2.75) is 32.2 Å². The Labute approximate surface area is 98.6 Å². The number of rotatable bonds is 4. The summed E-state index contributed by atoms with van der Waals surface area (Å²) in [4.78, 5) is 14.1. The highest BCUT2D eigenvalue weighted by Crippen LogP contribution is 2.30. The van der Waals surface area contributed by atoms with Crippen molar-refractivity contribution in [3.8, 4) is 0 Å². The summed E-state index contributed by atoms with van der Waals surface area (Å²) in [6, 6.07) is 0.555. The summed E-state index contributed by atoms with van der Waals surface area (Å²) in [6.07, 6.45) is 3.44. The lowest BCUT2D eigenvalue weighted by molar-refractivity contribution is 0.730. The van der Waals surface area contributed by atoms with Crippen LogP contribution in [0, 0.1) is 0 Å². The summed E-state index contributed by atoms with van der Waals surface area (Å²) in [7, 11) is 0. The van der Waals surface area contributed by atoms with Gasteiger partial charge < -0.3 is 4.90 Å². The van der Waals surface area contributed by atoms with Crippen molar-refractivity contribution in [2.24, 2.45) is 0 Å². The first kappa shape index (κ1) is 10.9. The summed E-state index contributed by atoms with van der Waals surface area (Å²) >= 11 is 11.5. The van der Waals surface area contributed by atoms with E-state index in [1.165, 1.54) is 12.8 Å². The molecule has 4 nitrogen and oxygen atoms in total. The van der Waals surface area contributed by atoms with Gasteiger partial charge in [0.1, 0.15) is 0 Å². The quantitative estimate of drug-likeness (QED) is 0.819. The number of anilines is 1. The molecule has 1 aliphatic carbocycles. The van der Waals surface area contributed by atoms with Gasteiger partial charge in [-0.25, -0.2) is 0 Å². The Morgan fingerprint density at radius 3 is 2.27 bits per heavy atom. The van der Waals surface area contributed by atoms with Crippen LogP contribution in [0.1, 0.15) is 26.2 Å². The zero-order chi connectivity index (χ0) is 10.8. The van der Waals surface area contributed by atoms with Gasteiger partial charge in [-0.3, -0.25) is 0 Å². The topological polar surface area (TPSA) is 41.9 Å². The van der Waals surface area contributed by atoms with E-state index in [0.717, 1.165) is 13.0 Å². The monoisotopic (exact) mass is 246 g/mol. The van der Waals surface area contributed by atoms with E-state index in [-0.39, 0.29) is 10.6 Å². The van der Waals surface area contributed by atoms with Crippen molar-refractivity contribution < 1.29 is 0 Å². The van der Waals surface area contributed by atoms with Gasteiger partial charge in [-0.1, -0.05) is 6.92 Å². The molecule has 2 rings (SSSR count). The molecule has 0 radical (unpaired) electrons. The van der Waals surface area contributed by atoms with Crippen molar-refractivity contribution >= 4 is 29.2 Å². The van der Waals surface area contributed by atoms with E-state index in [2.05, 4.69) is 26.8 Å². The zero-order valence-electron chi connectivity index (χ0n) is 8.45. The second kappa shape index (κ2) is 4.49. The van der Waals surface area contributed by atoms with E-state index in [9.17, 15) is 0 Å². The summed E-state index contributed by atoms with van der Waals surface area (Å²) in [6.45, 7) is 3.06. The third-order valence-electron chi connectivity index (χ3n) is 2.28. The van der Waals surface area contributed by atoms with Crippen molar-refractivity contribution in [3.63, 3.8) is 0 Å². The third kappa shape index (κ3) is 2.69. The van der Waals surface area contributed by atoms with Crippen LogP contribution in [-0.4, -0.2) is 27.5 Å². The predicted molar refractivity (Wildman–Crippen MR) is 60.5 cm³/mol. The van der Waals surface area contributed by atoms with Gasteiger partial charge in [0, 0.05) is 12.6 Å². The highest BCUT2D eigenvalue weighted by molar-refractivity contribution is 6.31. The molecule has 0 spiro atoms. The highest BCUT2D eigenvalue weighted by Gasteiger charge is 2.30. The van der Waals surface area contributed by atoms with E-state index in [4.69, 9.17) is 23.2 Å². The maximum absolute atomic E-state index is 5.75. The number of nitrogens with zero attached hydrogens (tertiary/aromatic N) is 4. The summed E-state index contributed by atoms with van der Waals surface area (Å²) in [5.41, 5.74) is 0. The molecule has 0 amide bonds. The second-order valence-electron chi connectivity index (χ2n) is 3.60. The van der Waals surface area contributed by atoms with Gasteiger partial charge in [0.15, 0.2) is 0 Å². The molecule has 0 unspecified atom stereocenters. The molecule has 1 heterocycles. The standard InChI is InChI=1S/C9H12Cl2N4/c1-2-5-15(6-3-4-6)9-13-7(10)12-8(11)14-9/h6H,2-5H2,1H3. The van der Waals surface area contributed by atoms with E-state index in [0.29, 0.717) is 12.0 Å². The van der Waals surface area contributed by atoms with E-state index in [1.807, 2.05) is 0 Å². The first-order chi connectivity index (χ1) is 7.20. The van der Waals surface area contributed by atoms with Gasteiger partial charge in [-0.15, -0.1) is 0 Å². The van der Waals surface area contributed by atoms with Crippen molar-refractivity contribution in [2.75, 3.05) is 11.4 Å². The number of halogens is 2. The van der Waals surface area contributed by atoms with Crippen molar-refractivity contribution in [1.82, 2.24) is 15.0 Å². The molecule has 0 bridgehead atoms. The molecule has 6 heteroatoms. The summed E-state index contributed by atoms with van der Waals surface area (Å²) in [5, 5.41) is 0.318. The molecular weight excluding hydrogens is 235 g/mol. The Balaban J connectivity index is 2.24. The van der Waals surface area contributed by atoms with Crippen molar-refractivity contribution in [1.29, 1.82) is 0 Å². The van der Waals surface area contributed by atoms with E-state index in [1.54, 1.807) is 0 Å². The Bertz CT molecular complexity index is 334. The molecule has 0 aromatic carbocycles. The second-order valence-corrected chi connectivity index (χ2v) is 4.27. The van der Waals surface area contributed by atoms with Crippen LogP contribution in [0.15, 0.2) is 0 Å². The van der Waals surface area contributed by atoms with Crippen LogP contribution < -0.4 is 4.90 Å². The number of hydrogen-bond donors (Lipinski definition) is 0. The van der Waals surface area contributed by atoms with Gasteiger partial charge in [0.2, 0.25) is 16.5 Å². The van der Waals surface area contributed by atoms with E-state index >= 15 is 0 Å². The van der Waals surface area contributed by atoms with Crippen LogP contribution in [0.3, 0.4) is 0 Å². The fourth-order valence-corrected chi connectivity index (χ4v) is 1.87. The molecule has 0 N–H and O–H groups in total. The molecule has 1 aromatic heterocycles. The lowest BCUT2D eigenvalue weighted by Gasteiger charge is -2.21. The SMILES string of the molecule is CCCN(c1nc(Cl)nc(Cl)n1)C1CC1. The molecule has 1 aliphatic rings. The maximum Gasteiger partial charge on any atom is 0.231 e. The molecule has 1 fully saturated rings. The Kier molecular flexibility index (Phi) is 3.26. The zero-order valence-corrected chi connectivity index (χ0v) is 9.96. The minimum absolute atomic E-state index is 0.159. The lowest BCUT2D eigenvalue weighted by Crippen LogP contribution is -2.28. The molecule has 0 saturated heterocycles. The minimum Gasteiger partial charge on any atom is -0.338 e. The fourth-order valence-electron chi connectivity index (χ4n) is 1.52. The summed E-state index contributed by atoms with van der Waals surface area (Å²) < 4.78 is 0. The van der Waals surface area contributed by atoms with Gasteiger partial charge in [-0.2, -0.15) is 15.0 Å². The van der Waals surface area contributed by atoms with Gasteiger partial charge in [0.25, 0.3) is 0 Å². The first-order valence-corrected chi connectivity index (χ1v) is 5.80. The van der Waals surface area contributed by atoms with Crippen molar-refractivity contribution in [3.05, 3.63) is 10.6 Å². The Morgan fingerprint density at radius 2 is 1.80 bits per heavy atom. The maximum atomic E-state index is 5.75. The van der Waals surface area contributed by atoms with Crippen LogP contribution in [0.2, 0.25) is 10.6 Å². The predicted octanol–water partition coefficient (Wildman–Crippen LogP) is 2.56.